The molecule has 8 heteroatoms. The number of rotatable bonds is 5. The number of para-hydroxylation sites is 1. The van der Waals surface area contributed by atoms with E-state index in [0.29, 0.717) is 11.5 Å². The van der Waals surface area contributed by atoms with Crippen LogP contribution < -0.4 is 19.7 Å². The Bertz CT molecular complexity index is 796. The molecule has 6 nitrogen and oxygen atoms in total. The van der Waals surface area contributed by atoms with Gasteiger partial charge in [0.15, 0.2) is 11.5 Å². The van der Waals surface area contributed by atoms with Gasteiger partial charge < -0.3 is 19.7 Å². The number of piperazine rings is 1. The van der Waals surface area contributed by atoms with Crippen molar-refractivity contribution >= 4 is 35.8 Å². The second-order valence-corrected chi connectivity index (χ2v) is 6.75. The zero-order valence-corrected chi connectivity index (χ0v) is 17.6. The molecule has 1 N–H and O–H groups in total. The highest BCUT2D eigenvalue weighted by Gasteiger charge is 2.19. The van der Waals surface area contributed by atoms with E-state index in [1.807, 2.05) is 30.3 Å². The lowest BCUT2D eigenvalue weighted by molar-refractivity contribution is 0.200. The van der Waals surface area contributed by atoms with Crippen LogP contribution in [0.4, 0.5) is 10.5 Å². The van der Waals surface area contributed by atoms with E-state index in [1.54, 1.807) is 13.2 Å². The first-order valence-electron chi connectivity index (χ1n) is 8.89. The number of halogens is 2. The van der Waals surface area contributed by atoms with Gasteiger partial charge in [0.05, 0.1) is 17.8 Å². The number of anilines is 1. The highest BCUT2D eigenvalue weighted by atomic mass is 35.5. The first-order valence-corrected chi connectivity index (χ1v) is 9.27. The van der Waals surface area contributed by atoms with Gasteiger partial charge in [0.2, 0.25) is 0 Å². The minimum absolute atomic E-state index is 0. The second-order valence-electron chi connectivity index (χ2n) is 6.34. The molecule has 0 spiro atoms. The zero-order valence-electron chi connectivity index (χ0n) is 16.0. The number of benzene rings is 2. The third-order valence-corrected chi connectivity index (χ3v) is 4.93. The topological polar surface area (TPSA) is 54.0 Å². The number of methoxy groups -OCH3 is 1. The van der Waals surface area contributed by atoms with Gasteiger partial charge >= 0.3 is 6.09 Å². The van der Waals surface area contributed by atoms with E-state index < -0.39 is 6.09 Å². The molecular formula is C20H25Cl2N3O3. The summed E-state index contributed by atoms with van der Waals surface area (Å²) in [5.74, 6) is 0.954. The van der Waals surface area contributed by atoms with Crippen molar-refractivity contribution in [2.75, 3.05) is 45.2 Å². The van der Waals surface area contributed by atoms with E-state index in [4.69, 9.17) is 21.1 Å². The van der Waals surface area contributed by atoms with Crippen molar-refractivity contribution in [3.05, 3.63) is 53.1 Å². The van der Waals surface area contributed by atoms with Gasteiger partial charge in [0.1, 0.15) is 0 Å². The molecule has 0 bridgehead atoms. The van der Waals surface area contributed by atoms with Crippen LogP contribution in [0.1, 0.15) is 5.56 Å². The molecule has 0 unspecified atom stereocenters. The Hall–Kier alpha value is -2.15. The summed E-state index contributed by atoms with van der Waals surface area (Å²) < 4.78 is 10.6. The summed E-state index contributed by atoms with van der Waals surface area (Å²) in [7, 11) is 3.09. The summed E-state index contributed by atoms with van der Waals surface area (Å²) in [6.45, 7) is 4.57. The highest BCUT2D eigenvalue weighted by molar-refractivity contribution is 6.33. The number of ether oxygens (including phenoxy) is 2. The van der Waals surface area contributed by atoms with Crippen molar-refractivity contribution < 1.29 is 14.3 Å². The fourth-order valence-corrected chi connectivity index (χ4v) is 3.41. The third-order valence-electron chi connectivity index (χ3n) is 4.61. The molecule has 1 fully saturated rings. The Labute approximate surface area is 176 Å². The number of hydrogen-bond donors (Lipinski definition) is 1. The summed E-state index contributed by atoms with van der Waals surface area (Å²) in [6, 6.07) is 13.6. The van der Waals surface area contributed by atoms with E-state index in [0.717, 1.165) is 49.0 Å². The lowest BCUT2D eigenvalue weighted by Crippen LogP contribution is -2.46. The molecule has 0 aromatic heterocycles. The molecule has 1 aliphatic heterocycles. The molecule has 1 saturated heterocycles. The number of nitrogens with zero attached hydrogens (tertiary/aromatic N) is 2. The molecule has 0 saturated carbocycles. The van der Waals surface area contributed by atoms with Crippen LogP contribution in [0.15, 0.2) is 42.5 Å². The Kier molecular flexibility index (Phi) is 8.23. The van der Waals surface area contributed by atoms with Crippen molar-refractivity contribution in [1.29, 1.82) is 0 Å². The molecule has 1 amide bonds. The molecule has 0 atom stereocenters. The first-order chi connectivity index (χ1) is 13.1. The SMILES string of the molecule is CNC(=O)Oc1ccc(CN2CCN(c3ccccc3Cl)CC2)cc1OC.Cl. The van der Waals surface area contributed by atoms with E-state index >= 15 is 0 Å². The van der Waals surface area contributed by atoms with Crippen LogP contribution in [-0.2, 0) is 6.54 Å². The maximum atomic E-state index is 11.4. The quantitative estimate of drug-likeness (QED) is 0.788. The summed E-state index contributed by atoms with van der Waals surface area (Å²) in [5, 5.41) is 3.22. The maximum Gasteiger partial charge on any atom is 0.412 e. The summed E-state index contributed by atoms with van der Waals surface area (Å²) in [4.78, 5) is 16.1. The average Bonchev–Trinajstić information content (AvgIpc) is 2.70. The van der Waals surface area contributed by atoms with Gasteiger partial charge in [0.25, 0.3) is 0 Å². The van der Waals surface area contributed by atoms with Crippen molar-refractivity contribution in [1.82, 2.24) is 10.2 Å². The van der Waals surface area contributed by atoms with Crippen molar-refractivity contribution in [3.8, 4) is 11.5 Å². The first kappa shape index (κ1) is 22.1. The molecule has 28 heavy (non-hydrogen) atoms. The standard InChI is InChI=1S/C20H24ClN3O3.ClH/c1-22-20(25)27-18-8-7-15(13-19(18)26-2)14-23-9-11-24(12-10-23)17-6-4-3-5-16(17)21;/h3-8,13H,9-12,14H2,1-2H3,(H,22,25);1H. The fraction of sp³-hybridized carbons (Fsp3) is 0.350. The molecule has 2 aromatic rings. The summed E-state index contributed by atoms with van der Waals surface area (Å²) >= 11 is 6.31. The van der Waals surface area contributed by atoms with Gasteiger partial charge in [-0.2, -0.15) is 0 Å². The van der Waals surface area contributed by atoms with Crippen LogP contribution in [-0.4, -0.2) is 51.3 Å². The van der Waals surface area contributed by atoms with Crippen molar-refractivity contribution in [2.45, 2.75) is 6.54 Å². The van der Waals surface area contributed by atoms with Gasteiger partial charge in [-0.15, -0.1) is 12.4 Å². The minimum Gasteiger partial charge on any atom is -0.493 e. The van der Waals surface area contributed by atoms with Crippen LogP contribution in [0.25, 0.3) is 0 Å². The normalized spacial score (nSPS) is 14.2. The van der Waals surface area contributed by atoms with Crippen LogP contribution in [0.2, 0.25) is 5.02 Å². The Balaban J connectivity index is 0.00000280. The van der Waals surface area contributed by atoms with E-state index in [2.05, 4.69) is 21.2 Å². The van der Waals surface area contributed by atoms with Crippen LogP contribution in [0, 0.1) is 0 Å². The lowest BCUT2D eigenvalue weighted by atomic mass is 10.1. The number of amides is 1. The second kappa shape index (κ2) is 10.4. The van der Waals surface area contributed by atoms with Crippen LogP contribution in [0.5, 0.6) is 11.5 Å². The van der Waals surface area contributed by atoms with E-state index in [1.165, 1.54) is 7.05 Å². The van der Waals surface area contributed by atoms with Crippen molar-refractivity contribution in [2.24, 2.45) is 0 Å². The molecule has 152 valence electrons. The Morgan fingerprint density at radius 1 is 1.11 bits per heavy atom. The Morgan fingerprint density at radius 3 is 2.46 bits per heavy atom. The monoisotopic (exact) mass is 425 g/mol. The molecule has 3 rings (SSSR count). The predicted molar refractivity (Wildman–Crippen MR) is 114 cm³/mol. The van der Waals surface area contributed by atoms with E-state index in [9.17, 15) is 4.79 Å². The Morgan fingerprint density at radius 2 is 1.82 bits per heavy atom. The van der Waals surface area contributed by atoms with Gasteiger partial charge in [-0.1, -0.05) is 29.8 Å². The highest BCUT2D eigenvalue weighted by Crippen LogP contribution is 2.29. The molecule has 2 aromatic carbocycles. The van der Waals surface area contributed by atoms with Crippen LogP contribution in [0.3, 0.4) is 0 Å². The van der Waals surface area contributed by atoms with Crippen molar-refractivity contribution in [3.63, 3.8) is 0 Å². The number of carbonyl (C=O) groups excluding carboxylic acids is 1. The summed E-state index contributed by atoms with van der Waals surface area (Å²) in [5.41, 5.74) is 2.21. The predicted octanol–water partition coefficient (Wildman–Crippen LogP) is 3.81. The third kappa shape index (κ3) is 5.44. The number of nitrogens with one attached hydrogen (secondary N) is 1. The van der Waals surface area contributed by atoms with Gasteiger partial charge in [-0.3, -0.25) is 4.90 Å². The van der Waals surface area contributed by atoms with E-state index in [-0.39, 0.29) is 12.4 Å². The van der Waals surface area contributed by atoms with Gasteiger partial charge in [-0.05, 0) is 29.8 Å². The average molecular weight is 426 g/mol. The van der Waals surface area contributed by atoms with Gasteiger partial charge in [-0.25, -0.2) is 4.79 Å². The molecule has 0 aliphatic carbocycles. The fourth-order valence-electron chi connectivity index (χ4n) is 3.16. The largest absolute Gasteiger partial charge is 0.493 e. The molecule has 0 radical (unpaired) electrons. The smallest absolute Gasteiger partial charge is 0.412 e. The van der Waals surface area contributed by atoms with Crippen LogP contribution >= 0.6 is 24.0 Å². The number of carbonyl (C=O) groups is 1. The molecular weight excluding hydrogens is 401 g/mol. The lowest BCUT2D eigenvalue weighted by Gasteiger charge is -2.36. The minimum atomic E-state index is -0.517. The van der Waals surface area contributed by atoms with Gasteiger partial charge in [0, 0.05) is 39.8 Å². The molecule has 1 heterocycles. The summed E-state index contributed by atoms with van der Waals surface area (Å²) in [6.07, 6.45) is -0.517. The number of hydrogen-bond acceptors (Lipinski definition) is 5. The molecule has 1 aliphatic rings. The zero-order chi connectivity index (χ0) is 19.2. The maximum absolute atomic E-state index is 11.4.